The normalized spacial score (nSPS) is 11.3. The zero-order valence-electron chi connectivity index (χ0n) is 18.5. The van der Waals surface area contributed by atoms with E-state index in [2.05, 4.69) is 10.0 Å². The van der Waals surface area contributed by atoms with Gasteiger partial charge in [-0.3, -0.25) is 9.52 Å². The second-order valence-electron chi connectivity index (χ2n) is 7.82. The number of amides is 1. The van der Waals surface area contributed by atoms with Crippen LogP contribution in [0.25, 0.3) is 0 Å². The smallest absolute Gasteiger partial charge is 0.262 e. The van der Waals surface area contributed by atoms with Crippen molar-refractivity contribution in [3.63, 3.8) is 0 Å². The van der Waals surface area contributed by atoms with E-state index in [4.69, 9.17) is 0 Å². The quantitative estimate of drug-likeness (QED) is 0.533. The molecule has 3 aromatic rings. The molecule has 0 saturated heterocycles. The Morgan fingerprint density at radius 2 is 1.61 bits per heavy atom. The first-order chi connectivity index (χ1) is 14.6. The lowest BCUT2D eigenvalue weighted by atomic mass is 10.1. The van der Waals surface area contributed by atoms with E-state index in [9.17, 15) is 13.2 Å². The van der Waals surface area contributed by atoms with Crippen molar-refractivity contribution in [3.05, 3.63) is 88.0 Å². The molecule has 2 N–H and O–H groups in total. The topological polar surface area (TPSA) is 75.3 Å². The summed E-state index contributed by atoms with van der Waals surface area (Å²) in [4.78, 5) is 13.0. The number of nitrogens with one attached hydrogen (secondary N) is 2. The van der Waals surface area contributed by atoms with E-state index < -0.39 is 10.0 Å². The van der Waals surface area contributed by atoms with Gasteiger partial charge in [0, 0.05) is 11.3 Å². The molecule has 0 aliphatic carbocycles. The van der Waals surface area contributed by atoms with Gasteiger partial charge in [0.1, 0.15) is 0 Å². The van der Waals surface area contributed by atoms with E-state index >= 15 is 0 Å². The summed E-state index contributed by atoms with van der Waals surface area (Å²) in [7, 11) is -3.86. The lowest BCUT2D eigenvalue weighted by Gasteiger charge is -2.15. The molecule has 3 rings (SSSR count). The number of carbonyl (C=O) groups excluding carboxylic acids is 1. The van der Waals surface area contributed by atoms with Gasteiger partial charge in [-0.1, -0.05) is 48.9 Å². The van der Waals surface area contributed by atoms with Crippen LogP contribution in [0, 0.1) is 27.7 Å². The standard InChI is InChI=1S/C25H28N2O3S/c1-6-20-9-7-8-18(4)24(20)26-25(28)21-12-11-17(3)23(15-21)31(29,30)27-22-13-10-16(2)14-19(22)5/h7-15,27H,6H2,1-5H3,(H,26,28). The zero-order chi connectivity index (χ0) is 22.8. The molecule has 6 heteroatoms. The maximum absolute atomic E-state index is 13.1. The molecule has 0 fully saturated rings. The maximum Gasteiger partial charge on any atom is 0.262 e. The summed E-state index contributed by atoms with van der Waals surface area (Å²) in [5.41, 5.74) is 6.03. The Hall–Kier alpha value is -3.12. The van der Waals surface area contributed by atoms with E-state index in [1.807, 2.05) is 58.0 Å². The summed E-state index contributed by atoms with van der Waals surface area (Å²) in [5, 5.41) is 2.96. The molecular formula is C25H28N2O3S. The van der Waals surface area contributed by atoms with E-state index in [0.717, 1.165) is 34.4 Å². The highest BCUT2D eigenvalue weighted by atomic mass is 32.2. The van der Waals surface area contributed by atoms with Crippen molar-refractivity contribution < 1.29 is 13.2 Å². The monoisotopic (exact) mass is 436 g/mol. The molecule has 0 aliphatic heterocycles. The molecule has 3 aromatic carbocycles. The Balaban J connectivity index is 1.93. The van der Waals surface area contributed by atoms with Gasteiger partial charge in [0.15, 0.2) is 0 Å². The molecule has 0 aromatic heterocycles. The minimum Gasteiger partial charge on any atom is -0.321 e. The Labute approximate surface area is 184 Å². The van der Waals surface area contributed by atoms with Crippen molar-refractivity contribution in [2.75, 3.05) is 10.0 Å². The Morgan fingerprint density at radius 3 is 2.29 bits per heavy atom. The molecule has 0 atom stereocenters. The Bertz CT molecular complexity index is 1250. The number of benzene rings is 3. The van der Waals surface area contributed by atoms with Crippen molar-refractivity contribution >= 4 is 27.3 Å². The van der Waals surface area contributed by atoms with Crippen LogP contribution in [0.5, 0.6) is 0 Å². The minimum absolute atomic E-state index is 0.0839. The van der Waals surface area contributed by atoms with E-state index in [1.165, 1.54) is 6.07 Å². The van der Waals surface area contributed by atoms with Crippen LogP contribution in [0.15, 0.2) is 59.5 Å². The Kier molecular flexibility index (Phi) is 6.51. The van der Waals surface area contributed by atoms with Gasteiger partial charge >= 0.3 is 0 Å². The predicted molar refractivity (Wildman–Crippen MR) is 126 cm³/mol. The second-order valence-corrected chi connectivity index (χ2v) is 9.47. The molecule has 0 spiro atoms. The average molecular weight is 437 g/mol. The third-order valence-electron chi connectivity index (χ3n) is 5.34. The molecule has 0 bridgehead atoms. The maximum atomic E-state index is 13.1. The average Bonchev–Trinajstić information content (AvgIpc) is 2.71. The van der Waals surface area contributed by atoms with Crippen LogP contribution in [0.1, 0.15) is 45.1 Å². The van der Waals surface area contributed by atoms with E-state index in [0.29, 0.717) is 11.3 Å². The first-order valence-electron chi connectivity index (χ1n) is 10.2. The van der Waals surface area contributed by atoms with Gasteiger partial charge in [-0.25, -0.2) is 8.42 Å². The fourth-order valence-electron chi connectivity index (χ4n) is 3.55. The molecule has 0 radical (unpaired) electrons. The number of aryl methyl sites for hydroxylation is 5. The van der Waals surface area contributed by atoms with Crippen molar-refractivity contribution in [1.29, 1.82) is 0 Å². The second kappa shape index (κ2) is 8.94. The molecule has 1 amide bonds. The number of rotatable bonds is 6. The highest BCUT2D eigenvalue weighted by molar-refractivity contribution is 7.92. The number of hydrogen-bond acceptors (Lipinski definition) is 3. The van der Waals surface area contributed by atoms with Gasteiger partial charge in [-0.05, 0) is 74.6 Å². The van der Waals surface area contributed by atoms with Crippen molar-refractivity contribution in [2.24, 2.45) is 0 Å². The summed E-state index contributed by atoms with van der Waals surface area (Å²) in [5.74, 6) is -0.341. The number of carbonyl (C=O) groups is 1. The number of hydrogen-bond donors (Lipinski definition) is 2. The Morgan fingerprint density at radius 1 is 0.871 bits per heavy atom. The summed E-state index contributed by atoms with van der Waals surface area (Å²) < 4.78 is 28.9. The van der Waals surface area contributed by atoms with Gasteiger partial charge in [0.05, 0.1) is 10.6 Å². The van der Waals surface area contributed by atoms with Crippen LogP contribution in [0.4, 0.5) is 11.4 Å². The van der Waals surface area contributed by atoms with Gasteiger partial charge < -0.3 is 5.32 Å². The fraction of sp³-hybridized carbons (Fsp3) is 0.240. The SMILES string of the molecule is CCc1cccc(C)c1NC(=O)c1ccc(C)c(S(=O)(=O)Nc2ccc(C)cc2C)c1. The van der Waals surface area contributed by atoms with Gasteiger partial charge in [0.2, 0.25) is 0 Å². The van der Waals surface area contributed by atoms with E-state index in [1.54, 1.807) is 25.1 Å². The molecule has 5 nitrogen and oxygen atoms in total. The fourth-order valence-corrected chi connectivity index (χ4v) is 4.95. The predicted octanol–water partition coefficient (Wildman–Crippen LogP) is 5.54. The molecule has 0 aliphatic rings. The van der Waals surface area contributed by atoms with Crippen LogP contribution in [0.3, 0.4) is 0 Å². The summed E-state index contributed by atoms with van der Waals surface area (Å²) in [6.07, 6.45) is 0.782. The van der Waals surface area contributed by atoms with Crippen LogP contribution in [0.2, 0.25) is 0 Å². The number of para-hydroxylation sites is 1. The van der Waals surface area contributed by atoms with E-state index in [-0.39, 0.29) is 16.4 Å². The van der Waals surface area contributed by atoms with Crippen molar-refractivity contribution in [3.8, 4) is 0 Å². The lowest BCUT2D eigenvalue weighted by molar-refractivity contribution is 0.102. The summed E-state index contributed by atoms with van der Waals surface area (Å²) in [6, 6.07) is 16.1. The first-order valence-corrected chi connectivity index (χ1v) is 11.7. The van der Waals surface area contributed by atoms with Gasteiger partial charge in [-0.15, -0.1) is 0 Å². The third kappa shape index (κ3) is 4.97. The highest BCUT2D eigenvalue weighted by Crippen LogP contribution is 2.25. The number of anilines is 2. The highest BCUT2D eigenvalue weighted by Gasteiger charge is 2.21. The van der Waals surface area contributed by atoms with Gasteiger partial charge in [0.25, 0.3) is 15.9 Å². The van der Waals surface area contributed by atoms with Crippen molar-refractivity contribution in [2.45, 2.75) is 45.9 Å². The minimum atomic E-state index is -3.86. The zero-order valence-corrected chi connectivity index (χ0v) is 19.4. The molecule has 0 saturated carbocycles. The summed E-state index contributed by atoms with van der Waals surface area (Å²) >= 11 is 0. The molecule has 31 heavy (non-hydrogen) atoms. The third-order valence-corrected chi connectivity index (χ3v) is 6.85. The van der Waals surface area contributed by atoms with Gasteiger partial charge in [-0.2, -0.15) is 0 Å². The molecular weight excluding hydrogens is 408 g/mol. The lowest BCUT2D eigenvalue weighted by Crippen LogP contribution is -2.18. The molecule has 162 valence electrons. The first kappa shape index (κ1) is 22.6. The van der Waals surface area contributed by atoms with Crippen LogP contribution >= 0.6 is 0 Å². The van der Waals surface area contributed by atoms with Crippen LogP contribution in [-0.2, 0) is 16.4 Å². The molecule has 0 heterocycles. The largest absolute Gasteiger partial charge is 0.321 e. The van der Waals surface area contributed by atoms with Crippen LogP contribution in [-0.4, -0.2) is 14.3 Å². The summed E-state index contributed by atoms with van der Waals surface area (Å²) in [6.45, 7) is 9.49. The molecule has 0 unspecified atom stereocenters. The van der Waals surface area contributed by atoms with Crippen LogP contribution < -0.4 is 10.0 Å². The van der Waals surface area contributed by atoms with Crippen molar-refractivity contribution in [1.82, 2.24) is 0 Å². The number of sulfonamides is 1.